The lowest BCUT2D eigenvalue weighted by molar-refractivity contribution is 0.202. The average molecular weight is 346 g/mol. The standard InChI is InChI=1S/C16H16BrN3O/c1-21-9-8-11-4-2-3-5-14(11)20-15-10-12(17)6-7-13(15)19-16(20)18/h2-7,10H,8-9H2,1H3,(H2,18,19). The third kappa shape index (κ3) is 2.66. The summed E-state index contributed by atoms with van der Waals surface area (Å²) < 4.78 is 8.19. The molecule has 0 aliphatic carbocycles. The minimum atomic E-state index is 0.493. The van der Waals surface area contributed by atoms with E-state index in [0.717, 1.165) is 27.6 Å². The van der Waals surface area contributed by atoms with Crippen molar-refractivity contribution in [1.82, 2.24) is 9.55 Å². The number of benzene rings is 2. The van der Waals surface area contributed by atoms with E-state index in [1.54, 1.807) is 7.11 Å². The van der Waals surface area contributed by atoms with Crippen molar-refractivity contribution >= 4 is 32.9 Å². The average Bonchev–Trinajstić information content (AvgIpc) is 2.80. The molecule has 0 amide bonds. The molecule has 21 heavy (non-hydrogen) atoms. The molecule has 5 heteroatoms. The van der Waals surface area contributed by atoms with Crippen LogP contribution in [0.15, 0.2) is 46.9 Å². The largest absolute Gasteiger partial charge is 0.384 e. The molecule has 1 aromatic heterocycles. The van der Waals surface area contributed by atoms with Gasteiger partial charge in [-0.3, -0.25) is 4.57 Å². The van der Waals surface area contributed by atoms with E-state index < -0.39 is 0 Å². The van der Waals surface area contributed by atoms with Gasteiger partial charge in [-0.15, -0.1) is 0 Å². The van der Waals surface area contributed by atoms with E-state index in [1.165, 1.54) is 5.56 Å². The molecular formula is C16H16BrN3O. The molecule has 2 aromatic carbocycles. The van der Waals surface area contributed by atoms with Crippen molar-refractivity contribution in [2.24, 2.45) is 0 Å². The van der Waals surface area contributed by atoms with E-state index in [-0.39, 0.29) is 0 Å². The number of anilines is 1. The third-order valence-corrected chi connectivity index (χ3v) is 3.94. The van der Waals surface area contributed by atoms with Crippen LogP contribution in [0, 0.1) is 0 Å². The van der Waals surface area contributed by atoms with E-state index in [4.69, 9.17) is 10.5 Å². The molecule has 0 unspecified atom stereocenters. The number of para-hydroxylation sites is 1. The highest BCUT2D eigenvalue weighted by Crippen LogP contribution is 2.27. The second-order valence-corrected chi connectivity index (χ2v) is 5.73. The van der Waals surface area contributed by atoms with Gasteiger partial charge >= 0.3 is 0 Å². The Hall–Kier alpha value is -1.85. The van der Waals surface area contributed by atoms with E-state index in [0.29, 0.717) is 12.6 Å². The number of halogens is 1. The van der Waals surface area contributed by atoms with E-state index >= 15 is 0 Å². The number of hydrogen-bond acceptors (Lipinski definition) is 3. The minimum absolute atomic E-state index is 0.493. The Kier molecular flexibility index (Phi) is 3.94. The quantitative estimate of drug-likeness (QED) is 0.786. The predicted molar refractivity (Wildman–Crippen MR) is 88.8 cm³/mol. The van der Waals surface area contributed by atoms with Gasteiger partial charge in [-0.1, -0.05) is 34.1 Å². The molecule has 0 saturated heterocycles. The van der Waals surface area contributed by atoms with Gasteiger partial charge in [-0.2, -0.15) is 0 Å². The Bertz CT molecular complexity index is 782. The molecule has 0 bridgehead atoms. The monoisotopic (exact) mass is 345 g/mol. The lowest BCUT2D eigenvalue weighted by atomic mass is 10.1. The third-order valence-electron chi connectivity index (χ3n) is 3.45. The lowest BCUT2D eigenvalue weighted by Crippen LogP contribution is -2.05. The molecule has 0 saturated carbocycles. The molecule has 0 spiro atoms. The molecule has 0 radical (unpaired) electrons. The number of nitrogens with two attached hydrogens (primary N) is 1. The molecule has 0 aliphatic rings. The zero-order valence-electron chi connectivity index (χ0n) is 11.7. The molecular weight excluding hydrogens is 330 g/mol. The van der Waals surface area contributed by atoms with Crippen molar-refractivity contribution < 1.29 is 4.74 Å². The van der Waals surface area contributed by atoms with Gasteiger partial charge in [0.2, 0.25) is 5.95 Å². The van der Waals surface area contributed by atoms with Crippen LogP contribution in [0.5, 0.6) is 0 Å². The molecule has 0 aliphatic heterocycles. The molecule has 4 nitrogen and oxygen atoms in total. The van der Waals surface area contributed by atoms with Crippen molar-refractivity contribution in [1.29, 1.82) is 0 Å². The zero-order chi connectivity index (χ0) is 14.8. The SMILES string of the molecule is COCCc1ccccc1-n1c(N)nc2ccc(Br)cc21. The number of imidazole rings is 1. The lowest BCUT2D eigenvalue weighted by Gasteiger charge is -2.12. The Morgan fingerprint density at radius 2 is 2.05 bits per heavy atom. The summed E-state index contributed by atoms with van der Waals surface area (Å²) in [4.78, 5) is 4.44. The van der Waals surface area contributed by atoms with Gasteiger partial charge in [-0.25, -0.2) is 4.98 Å². The van der Waals surface area contributed by atoms with Gasteiger partial charge in [-0.05, 0) is 36.2 Å². The number of nitrogens with zero attached hydrogens (tertiary/aromatic N) is 2. The normalized spacial score (nSPS) is 11.1. The van der Waals surface area contributed by atoms with Gasteiger partial charge in [0.1, 0.15) is 0 Å². The molecule has 1 heterocycles. The Labute approximate surface area is 131 Å². The Morgan fingerprint density at radius 1 is 1.24 bits per heavy atom. The molecule has 3 aromatic rings. The number of methoxy groups -OCH3 is 1. The van der Waals surface area contributed by atoms with Gasteiger partial charge < -0.3 is 10.5 Å². The first-order valence-electron chi connectivity index (χ1n) is 6.71. The molecule has 0 atom stereocenters. The summed E-state index contributed by atoms with van der Waals surface area (Å²) >= 11 is 3.51. The molecule has 0 fully saturated rings. The van der Waals surface area contributed by atoms with E-state index in [2.05, 4.69) is 33.0 Å². The van der Waals surface area contributed by atoms with Crippen molar-refractivity contribution in [3.8, 4) is 5.69 Å². The summed E-state index contributed by atoms with van der Waals surface area (Å²) in [6.07, 6.45) is 0.833. The number of rotatable bonds is 4. The topological polar surface area (TPSA) is 53.1 Å². The van der Waals surface area contributed by atoms with Crippen LogP contribution in [0.3, 0.4) is 0 Å². The second kappa shape index (κ2) is 5.87. The number of ether oxygens (including phenoxy) is 1. The fraction of sp³-hybridized carbons (Fsp3) is 0.188. The minimum Gasteiger partial charge on any atom is -0.384 e. The summed E-state index contributed by atoms with van der Waals surface area (Å²) in [5.41, 5.74) is 10.3. The second-order valence-electron chi connectivity index (χ2n) is 4.81. The van der Waals surface area contributed by atoms with Gasteiger partial charge in [0.15, 0.2) is 0 Å². The van der Waals surface area contributed by atoms with Gasteiger partial charge in [0.05, 0.1) is 23.3 Å². The highest BCUT2D eigenvalue weighted by Gasteiger charge is 2.13. The van der Waals surface area contributed by atoms with Crippen LogP contribution in [-0.4, -0.2) is 23.3 Å². The summed E-state index contributed by atoms with van der Waals surface area (Å²) in [6, 6.07) is 14.2. The molecule has 3 rings (SSSR count). The van der Waals surface area contributed by atoms with Crippen LogP contribution in [0.1, 0.15) is 5.56 Å². The van der Waals surface area contributed by atoms with Crippen molar-refractivity contribution in [2.45, 2.75) is 6.42 Å². The summed E-state index contributed by atoms with van der Waals surface area (Å²) in [5, 5.41) is 0. The first kappa shape index (κ1) is 14.1. The van der Waals surface area contributed by atoms with Crippen LogP contribution in [0.4, 0.5) is 5.95 Å². The summed E-state index contributed by atoms with van der Waals surface area (Å²) in [6.45, 7) is 0.674. The van der Waals surface area contributed by atoms with Crippen LogP contribution < -0.4 is 5.73 Å². The van der Waals surface area contributed by atoms with Gasteiger partial charge in [0.25, 0.3) is 0 Å². The maximum atomic E-state index is 6.14. The van der Waals surface area contributed by atoms with E-state index in [1.807, 2.05) is 34.9 Å². The Morgan fingerprint density at radius 3 is 2.86 bits per heavy atom. The number of fused-ring (bicyclic) bond motifs is 1. The van der Waals surface area contributed by atoms with Crippen molar-refractivity contribution in [3.05, 3.63) is 52.5 Å². The fourth-order valence-electron chi connectivity index (χ4n) is 2.47. The van der Waals surface area contributed by atoms with E-state index in [9.17, 15) is 0 Å². The molecule has 108 valence electrons. The molecule has 2 N–H and O–H groups in total. The first-order valence-corrected chi connectivity index (χ1v) is 7.50. The maximum Gasteiger partial charge on any atom is 0.205 e. The highest BCUT2D eigenvalue weighted by atomic mass is 79.9. The van der Waals surface area contributed by atoms with Crippen LogP contribution >= 0.6 is 15.9 Å². The predicted octanol–water partition coefficient (Wildman–Crippen LogP) is 3.56. The van der Waals surface area contributed by atoms with Crippen molar-refractivity contribution in [2.75, 3.05) is 19.5 Å². The highest BCUT2D eigenvalue weighted by molar-refractivity contribution is 9.10. The smallest absolute Gasteiger partial charge is 0.205 e. The van der Waals surface area contributed by atoms with Gasteiger partial charge in [0, 0.05) is 11.6 Å². The van der Waals surface area contributed by atoms with Crippen LogP contribution in [0.2, 0.25) is 0 Å². The Balaban J connectivity index is 2.20. The maximum absolute atomic E-state index is 6.14. The van der Waals surface area contributed by atoms with Crippen LogP contribution in [0.25, 0.3) is 16.7 Å². The number of aromatic nitrogens is 2. The van der Waals surface area contributed by atoms with Crippen LogP contribution in [-0.2, 0) is 11.2 Å². The number of hydrogen-bond donors (Lipinski definition) is 1. The summed E-state index contributed by atoms with van der Waals surface area (Å²) in [7, 11) is 1.71. The zero-order valence-corrected chi connectivity index (χ0v) is 13.3. The van der Waals surface area contributed by atoms with Crippen molar-refractivity contribution in [3.63, 3.8) is 0 Å². The fourth-order valence-corrected chi connectivity index (χ4v) is 2.82. The summed E-state index contributed by atoms with van der Waals surface area (Å²) in [5.74, 6) is 0.493. The first-order chi connectivity index (χ1) is 10.2. The number of nitrogen functional groups attached to an aromatic ring is 1.